The fourth-order valence-electron chi connectivity index (χ4n) is 3.26. The number of hydrogen-bond acceptors (Lipinski definition) is 3. The minimum Gasteiger partial charge on any atom is -0.497 e. The lowest BCUT2D eigenvalue weighted by Crippen LogP contribution is -2.39. The zero-order valence-corrected chi connectivity index (χ0v) is 14.8. The van der Waals surface area contributed by atoms with Gasteiger partial charge in [0.25, 0.3) is 0 Å². The van der Waals surface area contributed by atoms with E-state index in [1.807, 2.05) is 42.5 Å². The van der Waals surface area contributed by atoms with Crippen molar-refractivity contribution in [3.63, 3.8) is 0 Å². The largest absolute Gasteiger partial charge is 0.497 e. The van der Waals surface area contributed by atoms with E-state index in [4.69, 9.17) is 4.74 Å². The first kappa shape index (κ1) is 17.5. The molecule has 1 saturated heterocycles. The van der Waals surface area contributed by atoms with Crippen LogP contribution in [0.5, 0.6) is 5.75 Å². The smallest absolute Gasteiger partial charge is 0.227 e. The van der Waals surface area contributed by atoms with Crippen molar-refractivity contribution in [3.8, 4) is 5.75 Å². The Balaban J connectivity index is 1.41. The first-order valence-corrected chi connectivity index (χ1v) is 8.96. The van der Waals surface area contributed by atoms with Crippen molar-refractivity contribution in [2.24, 2.45) is 5.92 Å². The lowest BCUT2D eigenvalue weighted by molar-refractivity contribution is -0.121. The molecular formula is C21H26N2O2. The Kier molecular flexibility index (Phi) is 6.07. The third-order valence-corrected chi connectivity index (χ3v) is 4.88. The summed E-state index contributed by atoms with van der Waals surface area (Å²) >= 11 is 0. The van der Waals surface area contributed by atoms with Gasteiger partial charge in [0.1, 0.15) is 5.75 Å². The molecule has 4 heteroatoms. The summed E-state index contributed by atoms with van der Waals surface area (Å²) in [7, 11) is 1.69. The van der Waals surface area contributed by atoms with E-state index in [-0.39, 0.29) is 11.8 Å². The SMILES string of the molecule is COc1ccc(CCN2CCC(C(=O)Nc3ccccc3)CC2)cc1. The van der Waals surface area contributed by atoms with E-state index in [0.717, 1.165) is 50.3 Å². The minimum atomic E-state index is 0.123. The number of likely N-dealkylation sites (tertiary alicyclic amines) is 1. The number of ether oxygens (including phenoxy) is 1. The van der Waals surface area contributed by atoms with Crippen molar-refractivity contribution in [3.05, 3.63) is 60.2 Å². The van der Waals surface area contributed by atoms with Crippen LogP contribution in [-0.2, 0) is 11.2 Å². The van der Waals surface area contributed by atoms with Gasteiger partial charge in [0, 0.05) is 18.2 Å². The summed E-state index contributed by atoms with van der Waals surface area (Å²) in [4.78, 5) is 14.8. The standard InChI is InChI=1S/C21H26N2O2/c1-25-20-9-7-17(8-10-20)11-14-23-15-12-18(13-16-23)21(24)22-19-5-3-2-4-6-19/h2-10,18H,11-16H2,1H3,(H,22,24). The van der Waals surface area contributed by atoms with E-state index in [1.54, 1.807) is 7.11 Å². The summed E-state index contributed by atoms with van der Waals surface area (Å²) in [6.07, 6.45) is 2.90. The van der Waals surface area contributed by atoms with Crippen LogP contribution in [0.25, 0.3) is 0 Å². The zero-order chi connectivity index (χ0) is 17.5. The molecule has 1 N–H and O–H groups in total. The molecule has 1 heterocycles. The van der Waals surface area contributed by atoms with Crippen molar-refractivity contribution in [1.82, 2.24) is 4.90 Å². The van der Waals surface area contributed by atoms with Crippen LogP contribution in [0.4, 0.5) is 5.69 Å². The zero-order valence-electron chi connectivity index (χ0n) is 14.8. The molecule has 3 rings (SSSR count). The Morgan fingerprint density at radius 1 is 1.08 bits per heavy atom. The van der Waals surface area contributed by atoms with E-state index in [1.165, 1.54) is 5.56 Å². The molecule has 132 valence electrons. The number of carbonyl (C=O) groups excluding carboxylic acids is 1. The Hall–Kier alpha value is -2.33. The maximum absolute atomic E-state index is 12.4. The molecule has 0 aromatic heterocycles. The number of piperidine rings is 1. The van der Waals surface area contributed by atoms with Crippen LogP contribution in [0.1, 0.15) is 18.4 Å². The van der Waals surface area contributed by atoms with E-state index in [0.29, 0.717) is 0 Å². The number of rotatable bonds is 6. The quantitative estimate of drug-likeness (QED) is 0.875. The number of methoxy groups -OCH3 is 1. The highest BCUT2D eigenvalue weighted by atomic mass is 16.5. The van der Waals surface area contributed by atoms with Crippen LogP contribution in [-0.4, -0.2) is 37.6 Å². The molecule has 0 bridgehead atoms. The van der Waals surface area contributed by atoms with Crippen LogP contribution in [0, 0.1) is 5.92 Å². The maximum Gasteiger partial charge on any atom is 0.227 e. The van der Waals surface area contributed by atoms with Crippen molar-refractivity contribution >= 4 is 11.6 Å². The molecule has 0 unspecified atom stereocenters. The molecule has 25 heavy (non-hydrogen) atoms. The van der Waals surface area contributed by atoms with Gasteiger partial charge in [-0.1, -0.05) is 30.3 Å². The van der Waals surface area contributed by atoms with Crippen molar-refractivity contribution in [1.29, 1.82) is 0 Å². The number of amides is 1. The predicted molar refractivity (Wildman–Crippen MR) is 101 cm³/mol. The Bertz CT molecular complexity index is 662. The molecule has 1 aliphatic rings. The topological polar surface area (TPSA) is 41.6 Å². The molecule has 1 amide bonds. The van der Waals surface area contributed by atoms with Crippen molar-refractivity contribution < 1.29 is 9.53 Å². The average Bonchev–Trinajstić information content (AvgIpc) is 2.68. The average molecular weight is 338 g/mol. The summed E-state index contributed by atoms with van der Waals surface area (Å²) in [6, 6.07) is 18.0. The number of benzene rings is 2. The number of nitrogens with zero attached hydrogens (tertiary/aromatic N) is 1. The number of hydrogen-bond donors (Lipinski definition) is 1. The van der Waals surface area contributed by atoms with Gasteiger partial charge in [-0.25, -0.2) is 0 Å². The highest BCUT2D eigenvalue weighted by Gasteiger charge is 2.24. The monoisotopic (exact) mass is 338 g/mol. The molecule has 2 aromatic carbocycles. The summed E-state index contributed by atoms with van der Waals surface area (Å²) in [5.41, 5.74) is 2.21. The van der Waals surface area contributed by atoms with Gasteiger partial charge >= 0.3 is 0 Å². The molecule has 4 nitrogen and oxygen atoms in total. The maximum atomic E-state index is 12.4. The molecular weight excluding hydrogens is 312 g/mol. The summed E-state index contributed by atoms with van der Waals surface area (Å²) < 4.78 is 5.19. The second-order valence-electron chi connectivity index (χ2n) is 6.57. The molecule has 2 aromatic rings. The summed E-state index contributed by atoms with van der Waals surface area (Å²) in [5.74, 6) is 1.17. The van der Waals surface area contributed by atoms with Gasteiger partial charge in [-0.15, -0.1) is 0 Å². The summed E-state index contributed by atoms with van der Waals surface area (Å²) in [6.45, 7) is 3.02. The molecule has 0 saturated carbocycles. The molecule has 1 aliphatic heterocycles. The van der Waals surface area contributed by atoms with E-state index < -0.39 is 0 Å². The number of nitrogens with one attached hydrogen (secondary N) is 1. The van der Waals surface area contributed by atoms with Gasteiger partial charge in [0.05, 0.1) is 7.11 Å². The summed E-state index contributed by atoms with van der Waals surface area (Å²) in [5, 5.41) is 3.03. The Morgan fingerprint density at radius 2 is 1.76 bits per heavy atom. The molecule has 1 fully saturated rings. The number of carbonyl (C=O) groups is 1. The molecule has 0 aliphatic carbocycles. The highest BCUT2D eigenvalue weighted by molar-refractivity contribution is 5.92. The van der Waals surface area contributed by atoms with Crippen LogP contribution in [0.15, 0.2) is 54.6 Å². The first-order valence-electron chi connectivity index (χ1n) is 8.96. The van der Waals surface area contributed by atoms with Crippen LogP contribution in [0.2, 0.25) is 0 Å². The predicted octanol–water partition coefficient (Wildman–Crippen LogP) is 3.59. The second-order valence-corrected chi connectivity index (χ2v) is 6.57. The van der Waals surface area contributed by atoms with Gasteiger partial charge in [-0.3, -0.25) is 4.79 Å². The van der Waals surface area contributed by atoms with Gasteiger partial charge in [-0.05, 0) is 62.2 Å². The van der Waals surface area contributed by atoms with E-state index >= 15 is 0 Å². The third kappa shape index (κ3) is 5.07. The minimum absolute atomic E-state index is 0.123. The van der Waals surface area contributed by atoms with Crippen LogP contribution in [0.3, 0.4) is 0 Å². The van der Waals surface area contributed by atoms with Crippen molar-refractivity contribution in [2.75, 3.05) is 32.1 Å². The van der Waals surface area contributed by atoms with Gasteiger partial charge in [0.15, 0.2) is 0 Å². The Labute approximate surface area is 149 Å². The molecule has 0 atom stereocenters. The fourth-order valence-corrected chi connectivity index (χ4v) is 3.26. The van der Waals surface area contributed by atoms with E-state index in [9.17, 15) is 4.79 Å². The van der Waals surface area contributed by atoms with E-state index in [2.05, 4.69) is 22.3 Å². The molecule has 0 radical (unpaired) electrons. The normalized spacial score (nSPS) is 15.7. The fraction of sp³-hybridized carbons (Fsp3) is 0.381. The van der Waals surface area contributed by atoms with Gasteiger partial charge < -0.3 is 15.0 Å². The van der Waals surface area contributed by atoms with Crippen LogP contribution < -0.4 is 10.1 Å². The highest BCUT2D eigenvalue weighted by Crippen LogP contribution is 2.20. The Morgan fingerprint density at radius 3 is 2.40 bits per heavy atom. The molecule has 0 spiro atoms. The van der Waals surface area contributed by atoms with Crippen molar-refractivity contribution in [2.45, 2.75) is 19.3 Å². The van der Waals surface area contributed by atoms with Crippen LogP contribution >= 0.6 is 0 Å². The number of anilines is 1. The lowest BCUT2D eigenvalue weighted by Gasteiger charge is -2.31. The number of para-hydroxylation sites is 1. The third-order valence-electron chi connectivity index (χ3n) is 4.88. The first-order chi connectivity index (χ1) is 12.2. The second kappa shape index (κ2) is 8.67. The lowest BCUT2D eigenvalue weighted by atomic mass is 9.95. The van der Waals surface area contributed by atoms with Gasteiger partial charge in [0.2, 0.25) is 5.91 Å². The van der Waals surface area contributed by atoms with Gasteiger partial charge in [-0.2, -0.15) is 0 Å².